The SMILES string of the molecule is C.C.CCOc1nc(CC)c(CCC(=O)[C@@H](S)CC(C)C)n1Cc1ccc(-c2ccccc2C(=O)O)cc1F.CCOc1nc(CC)c(CCC(=O)[C@H](CC(C)C)SC(C)=O)n1Cc1ccc(-c2ccccc2C(=O)O)cc1F. The Bertz CT molecular complexity index is 3020. The normalized spacial score (nSPS) is 11.7. The van der Waals surface area contributed by atoms with Crippen LogP contribution in [-0.4, -0.2) is 81.6 Å². The lowest BCUT2D eigenvalue weighted by Crippen LogP contribution is -2.22. The van der Waals surface area contributed by atoms with Crippen LogP contribution in [0.5, 0.6) is 12.0 Å². The van der Waals surface area contributed by atoms with Crippen molar-refractivity contribution in [1.82, 2.24) is 19.1 Å². The predicted octanol–water partition coefficient (Wildman–Crippen LogP) is 14.1. The second-order valence-electron chi connectivity index (χ2n) is 19.4. The van der Waals surface area contributed by atoms with Gasteiger partial charge in [-0.15, -0.1) is 0 Å². The van der Waals surface area contributed by atoms with E-state index in [1.54, 1.807) is 60.7 Å². The molecule has 17 heteroatoms. The fourth-order valence-corrected chi connectivity index (χ4v) is 10.8. The van der Waals surface area contributed by atoms with Crippen molar-refractivity contribution in [2.75, 3.05) is 13.2 Å². The Kier molecular flexibility index (Phi) is 26.9. The van der Waals surface area contributed by atoms with Gasteiger partial charge in [-0.25, -0.2) is 28.3 Å². The largest absolute Gasteiger partial charge is 0.478 e. The molecule has 0 amide bonds. The maximum Gasteiger partial charge on any atom is 0.336 e. The third kappa shape index (κ3) is 18.2. The number of rotatable bonds is 27. The van der Waals surface area contributed by atoms with Crippen LogP contribution in [0.25, 0.3) is 22.3 Å². The van der Waals surface area contributed by atoms with E-state index in [2.05, 4.69) is 36.4 Å². The van der Waals surface area contributed by atoms with Crippen LogP contribution in [0.2, 0.25) is 0 Å². The van der Waals surface area contributed by atoms with Gasteiger partial charge in [-0.1, -0.05) is 129 Å². The molecule has 0 bridgehead atoms. The maximum atomic E-state index is 15.4. The predicted molar refractivity (Wildman–Crippen MR) is 315 cm³/mol. The minimum absolute atomic E-state index is 0. The van der Waals surface area contributed by atoms with Crippen molar-refractivity contribution in [1.29, 1.82) is 0 Å². The number of carboxylic acids is 2. The topological polar surface area (TPSA) is 180 Å². The van der Waals surface area contributed by atoms with Crippen LogP contribution in [0.4, 0.5) is 8.78 Å². The van der Waals surface area contributed by atoms with Crippen molar-refractivity contribution in [3.63, 3.8) is 0 Å². The first-order valence-electron chi connectivity index (χ1n) is 26.3. The zero-order chi connectivity index (χ0) is 56.5. The fourth-order valence-electron chi connectivity index (χ4n) is 9.08. The first kappa shape index (κ1) is 66.7. The van der Waals surface area contributed by atoms with Gasteiger partial charge in [0.15, 0.2) is 5.12 Å². The van der Waals surface area contributed by atoms with E-state index >= 15 is 8.78 Å². The van der Waals surface area contributed by atoms with E-state index in [9.17, 15) is 34.2 Å². The smallest absolute Gasteiger partial charge is 0.336 e. The summed E-state index contributed by atoms with van der Waals surface area (Å²) in [4.78, 5) is 70.2. The molecule has 0 fully saturated rings. The Balaban J connectivity index is 0.000000406. The number of aromatic nitrogens is 4. The lowest BCUT2D eigenvalue weighted by atomic mass is 9.98. The molecule has 0 radical (unpaired) electrons. The summed E-state index contributed by atoms with van der Waals surface area (Å²) in [5.41, 5.74) is 6.11. The fraction of sp³-hybridized carbons (Fsp3) is 0.435. The molecule has 0 aliphatic rings. The minimum Gasteiger partial charge on any atom is -0.478 e. The van der Waals surface area contributed by atoms with Crippen LogP contribution >= 0.6 is 24.4 Å². The molecule has 0 saturated heterocycles. The van der Waals surface area contributed by atoms with Gasteiger partial charge in [0.05, 0.1) is 59.3 Å². The summed E-state index contributed by atoms with van der Waals surface area (Å²) < 4.78 is 46.0. The van der Waals surface area contributed by atoms with Gasteiger partial charge >= 0.3 is 11.9 Å². The van der Waals surface area contributed by atoms with Gasteiger partial charge in [-0.3, -0.25) is 23.5 Å². The van der Waals surface area contributed by atoms with E-state index < -0.39 is 28.8 Å². The number of ketones is 2. The van der Waals surface area contributed by atoms with E-state index in [-0.39, 0.29) is 73.3 Å². The van der Waals surface area contributed by atoms with Gasteiger partial charge in [0.1, 0.15) is 23.2 Å². The van der Waals surface area contributed by atoms with Gasteiger partial charge in [-0.2, -0.15) is 12.6 Å². The molecule has 428 valence electrons. The number of thiol groups is 1. The van der Waals surface area contributed by atoms with Crippen LogP contribution in [0.1, 0.15) is 157 Å². The second-order valence-corrected chi connectivity index (χ2v) is 21.4. The van der Waals surface area contributed by atoms with Gasteiger partial charge in [0, 0.05) is 42.3 Å². The molecule has 0 saturated carbocycles. The lowest BCUT2D eigenvalue weighted by molar-refractivity contribution is -0.119. The van der Waals surface area contributed by atoms with Crippen molar-refractivity contribution < 1.29 is 52.4 Å². The number of carbonyl (C=O) groups excluding carboxylic acids is 3. The minimum atomic E-state index is -1.08. The number of thioether (sulfide) groups is 1. The van der Waals surface area contributed by atoms with Crippen LogP contribution < -0.4 is 9.47 Å². The molecule has 2 N–H and O–H groups in total. The molecular weight excluding hydrogens is 1050 g/mol. The first-order chi connectivity index (χ1) is 36.7. The van der Waals surface area contributed by atoms with Crippen molar-refractivity contribution in [2.45, 2.75) is 152 Å². The quantitative estimate of drug-likeness (QED) is 0.0416. The summed E-state index contributed by atoms with van der Waals surface area (Å²) in [6, 6.07) is 23.2. The van der Waals surface area contributed by atoms with E-state index in [1.165, 1.54) is 31.2 Å². The van der Waals surface area contributed by atoms with Crippen molar-refractivity contribution in [3.05, 3.63) is 142 Å². The van der Waals surface area contributed by atoms with E-state index in [0.717, 1.165) is 34.5 Å². The van der Waals surface area contributed by atoms with Crippen LogP contribution in [0.3, 0.4) is 0 Å². The number of carbonyl (C=O) groups is 5. The molecule has 6 aromatic rings. The molecule has 13 nitrogen and oxygen atoms in total. The number of aromatic carboxylic acids is 2. The summed E-state index contributed by atoms with van der Waals surface area (Å²) in [6.45, 7) is 18.4. The summed E-state index contributed by atoms with van der Waals surface area (Å²) in [7, 11) is 0. The van der Waals surface area contributed by atoms with Gasteiger partial charge in [0.2, 0.25) is 0 Å². The number of Topliss-reactive ketones (excluding diaryl/α,β-unsaturated/α-hetero) is 2. The van der Waals surface area contributed by atoms with Crippen LogP contribution in [0.15, 0.2) is 84.9 Å². The molecule has 0 spiro atoms. The van der Waals surface area contributed by atoms with E-state index in [1.807, 2.05) is 50.7 Å². The molecule has 79 heavy (non-hydrogen) atoms. The summed E-state index contributed by atoms with van der Waals surface area (Å²) >= 11 is 5.58. The van der Waals surface area contributed by atoms with Gasteiger partial charge in [-0.05, 0) is 111 Å². The summed E-state index contributed by atoms with van der Waals surface area (Å²) in [5.74, 6) is -2.35. The molecular formula is C62H80F2N4O9S2. The summed E-state index contributed by atoms with van der Waals surface area (Å²) in [5, 5.41) is 18.2. The third-order valence-electron chi connectivity index (χ3n) is 12.8. The zero-order valence-electron chi connectivity index (χ0n) is 45.5. The second kappa shape index (κ2) is 31.9. The number of nitrogens with zero attached hydrogens (tertiary/aromatic N) is 4. The van der Waals surface area contributed by atoms with E-state index in [0.29, 0.717) is 109 Å². The molecule has 0 unspecified atom stereocenters. The van der Waals surface area contributed by atoms with E-state index in [4.69, 9.17) is 9.47 Å². The Morgan fingerprint density at radius 3 is 1.38 bits per heavy atom. The highest BCUT2D eigenvalue weighted by atomic mass is 32.2. The lowest BCUT2D eigenvalue weighted by Gasteiger charge is -2.17. The number of aryl methyl sites for hydroxylation is 2. The van der Waals surface area contributed by atoms with Crippen LogP contribution in [0, 0.1) is 23.5 Å². The molecule has 2 atom stereocenters. The Morgan fingerprint density at radius 2 is 1.03 bits per heavy atom. The molecule has 6 rings (SSSR count). The molecule has 0 aliphatic heterocycles. The Hall–Kier alpha value is -6.59. The van der Waals surface area contributed by atoms with Crippen molar-refractivity contribution in [3.8, 4) is 34.3 Å². The number of carboxylic acid groups (broad SMARTS) is 2. The highest BCUT2D eigenvalue weighted by molar-refractivity contribution is 8.14. The Labute approximate surface area is 475 Å². The molecule has 2 heterocycles. The third-order valence-corrected chi connectivity index (χ3v) is 14.4. The number of hydrogen-bond donors (Lipinski definition) is 3. The monoisotopic (exact) mass is 1130 g/mol. The standard InChI is InChI=1S/C31H37FN2O5S.C29H35FN2O4S.2CH4/c1-6-26-27(14-15-28(36)29(16-19(3)4)40-20(5)35)34(31(33-26)39-7-2)18-22-13-12-21(17-25(22)32)23-10-8-9-11-24(23)30(37)38;1-5-24-25(13-14-26(33)27(37)15-18(3)4)32(29(31-24)36-6-2)17-20-12-11-19(16-23(20)30)21-9-7-8-10-22(21)28(34)35;;/h8-13,17,19,29H,6-7,14-16,18H2,1-5H3,(H,37,38);7-12,16,18,27,37H,5-6,13-15,17H2,1-4H3,(H,34,35);2*1H4/t29-;27-;;/m00../s1. The highest BCUT2D eigenvalue weighted by Crippen LogP contribution is 2.32. The maximum absolute atomic E-state index is 15.4. The van der Waals surface area contributed by atoms with Gasteiger partial charge < -0.3 is 19.7 Å². The number of halogens is 2. The first-order valence-corrected chi connectivity index (χ1v) is 27.7. The average molecular weight is 1130 g/mol. The average Bonchev–Trinajstić information content (AvgIpc) is 3.95. The molecule has 2 aromatic heterocycles. The highest BCUT2D eigenvalue weighted by Gasteiger charge is 2.26. The number of imidazole rings is 2. The summed E-state index contributed by atoms with van der Waals surface area (Å²) in [6.07, 6.45) is 4.00. The number of hydrogen-bond acceptors (Lipinski definition) is 11. The number of benzene rings is 4. The number of ether oxygens (including phenoxy) is 2. The van der Waals surface area contributed by atoms with Crippen LogP contribution in [-0.2, 0) is 53.2 Å². The molecule has 4 aromatic carbocycles. The molecule has 0 aliphatic carbocycles. The van der Waals surface area contributed by atoms with Crippen molar-refractivity contribution >= 4 is 53.0 Å². The van der Waals surface area contributed by atoms with Gasteiger partial charge in [0.25, 0.3) is 12.0 Å². The zero-order valence-corrected chi connectivity index (χ0v) is 47.2. The van der Waals surface area contributed by atoms with Crippen molar-refractivity contribution in [2.24, 2.45) is 11.8 Å². The Morgan fingerprint density at radius 1 is 0.620 bits per heavy atom.